The largest absolute Gasteiger partial charge is 0.493 e. The maximum atomic E-state index is 5.48. The lowest BCUT2D eigenvalue weighted by atomic mass is 9.81. The number of ether oxygens (including phenoxy) is 2. The van der Waals surface area contributed by atoms with Crippen LogP contribution in [0.2, 0.25) is 0 Å². The first-order chi connectivity index (χ1) is 13.2. The second-order valence-corrected chi connectivity index (χ2v) is 7.77. The van der Waals surface area contributed by atoms with Gasteiger partial charge in [-0.1, -0.05) is 30.3 Å². The Morgan fingerprint density at radius 1 is 0.963 bits per heavy atom. The van der Waals surface area contributed by atoms with Gasteiger partial charge in [-0.3, -0.25) is 0 Å². The number of rotatable bonds is 9. The molecule has 1 atom stereocenters. The zero-order valence-corrected chi connectivity index (χ0v) is 17.0. The van der Waals surface area contributed by atoms with Crippen molar-refractivity contribution in [2.45, 2.75) is 38.5 Å². The molecule has 0 radical (unpaired) electrons. The van der Waals surface area contributed by atoms with Crippen LogP contribution in [-0.4, -0.2) is 39.3 Å². The van der Waals surface area contributed by atoms with E-state index in [4.69, 9.17) is 9.47 Å². The molecule has 1 aliphatic carbocycles. The number of fused-ring (bicyclic) bond motifs is 1. The normalized spacial score (nSPS) is 16.2. The Morgan fingerprint density at radius 2 is 1.67 bits per heavy atom. The Kier molecular flexibility index (Phi) is 7.17. The molecule has 0 aliphatic heterocycles. The van der Waals surface area contributed by atoms with Gasteiger partial charge in [-0.2, -0.15) is 0 Å². The Morgan fingerprint density at radius 3 is 2.37 bits per heavy atom. The number of aryl methyl sites for hydroxylation is 1. The second kappa shape index (κ2) is 9.80. The Labute approximate surface area is 164 Å². The van der Waals surface area contributed by atoms with Crippen LogP contribution in [0.3, 0.4) is 0 Å². The molecule has 0 saturated heterocycles. The van der Waals surface area contributed by atoms with Crippen molar-refractivity contribution < 1.29 is 9.47 Å². The van der Waals surface area contributed by atoms with E-state index in [1.807, 2.05) is 0 Å². The fraction of sp³-hybridized carbons (Fsp3) is 0.500. The molecular formula is C24H33NO2. The highest BCUT2D eigenvalue weighted by molar-refractivity contribution is 5.48. The molecule has 0 amide bonds. The quantitative estimate of drug-likeness (QED) is 0.638. The fourth-order valence-corrected chi connectivity index (χ4v) is 4.13. The molecule has 1 unspecified atom stereocenters. The second-order valence-electron chi connectivity index (χ2n) is 7.77. The predicted molar refractivity (Wildman–Crippen MR) is 112 cm³/mol. The van der Waals surface area contributed by atoms with Crippen molar-refractivity contribution >= 4 is 0 Å². The highest BCUT2D eigenvalue weighted by atomic mass is 16.5. The molecule has 3 heteroatoms. The molecule has 27 heavy (non-hydrogen) atoms. The maximum Gasteiger partial charge on any atom is 0.161 e. The van der Waals surface area contributed by atoms with E-state index in [0.717, 1.165) is 36.8 Å². The molecule has 2 aromatic rings. The van der Waals surface area contributed by atoms with E-state index < -0.39 is 0 Å². The number of hydrogen-bond donors (Lipinski definition) is 0. The first kappa shape index (κ1) is 19.8. The van der Waals surface area contributed by atoms with Crippen molar-refractivity contribution in [3.05, 3.63) is 59.2 Å². The smallest absolute Gasteiger partial charge is 0.161 e. The van der Waals surface area contributed by atoms with E-state index in [2.05, 4.69) is 54.4 Å². The van der Waals surface area contributed by atoms with Crippen molar-refractivity contribution in [2.24, 2.45) is 5.92 Å². The number of nitrogens with zero attached hydrogens (tertiary/aromatic N) is 1. The lowest BCUT2D eigenvalue weighted by Crippen LogP contribution is -2.23. The molecule has 0 bridgehead atoms. The molecule has 2 aromatic carbocycles. The Bertz CT molecular complexity index is 714. The average Bonchev–Trinajstić information content (AvgIpc) is 2.71. The van der Waals surface area contributed by atoms with Crippen LogP contribution in [0, 0.1) is 5.92 Å². The molecule has 3 rings (SSSR count). The van der Waals surface area contributed by atoms with Gasteiger partial charge in [0.25, 0.3) is 0 Å². The van der Waals surface area contributed by atoms with Gasteiger partial charge in [-0.05, 0) is 86.9 Å². The van der Waals surface area contributed by atoms with Crippen LogP contribution in [0.1, 0.15) is 36.0 Å². The molecule has 0 fully saturated rings. The lowest BCUT2D eigenvalue weighted by molar-refractivity contribution is 0.307. The molecule has 0 spiro atoms. The van der Waals surface area contributed by atoms with Gasteiger partial charge in [0.05, 0.1) is 14.2 Å². The monoisotopic (exact) mass is 367 g/mol. The molecule has 0 saturated carbocycles. The first-order valence-corrected chi connectivity index (χ1v) is 10.2. The molecule has 3 nitrogen and oxygen atoms in total. The van der Waals surface area contributed by atoms with Gasteiger partial charge < -0.3 is 14.4 Å². The van der Waals surface area contributed by atoms with Gasteiger partial charge in [-0.15, -0.1) is 0 Å². The third-order valence-electron chi connectivity index (χ3n) is 5.81. The van der Waals surface area contributed by atoms with E-state index >= 15 is 0 Å². The summed E-state index contributed by atoms with van der Waals surface area (Å²) >= 11 is 0. The van der Waals surface area contributed by atoms with E-state index in [0.29, 0.717) is 0 Å². The summed E-state index contributed by atoms with van der Waals surface area (Å²) in [6.07, 6.45) is 7.33. The summed E-state index contributed by atoms with van der Waals surface area (Å²) < 4.78 is 10.9. The molecular weight excluding hydrogens is 334 g/mol. The maximum absolute atomic E-state index is 5.48. The average molecular weight is 368 g/mol. The minimum Gasteiger partial charge on any atom is -0.493 e. The molecule has 146 valence electrons. The van der Waals surface area contributed by atoms with Crippen LogP contribution in [-0.2, 0) is 19.3 Å². The van der Waals surface area contributed by atoms with Gasteiger partial charge in [0, 0.05) is 6.54 Å². The zero-order valence-electron chi connectivity index (χ0n) is 17.0. The zero-order chi connectivity index (χ0) is 19.1. The highest BCUT2D eigenvalue weighted by Gasteiger charge is 2.21. The molecule has 0 aromatic heterocycles. The number of hydrogen-bond acceptors (Lipinski definition) is 3. The summed E-state index contributed by atoms with van der Waals surface area (Å²) in [6, 6.07) is 15.1. The number of likely N-dealkylation sites (N-methyl/N-ethyl adjacent to an activating group) is 1. The minimum atomic E-state index is 0.790. The van der Waals surface area contributed by atoms with E-state index in [1.165, 1.54) is 48.9 Å². The van der Waals surface area contributed by atoms with Gasteiger partial charge in [0.2, 0.25) is 0 Å². The standard InChI is InChI=1S/C24H33NO2/c1-25(15-13-19-8-5-4-6-9-19)14-7-10-20-11-12-21-17-23(26-2)24(27-3)18-22(21)16-20/h4-6,8-9,17-18,20H,7,10-16H2,1-3H3. The Hall–Kier alpha value is -2.00. The van der Waals surface area contributed by atoms with Crippen molar-refractivity contribution in [3.63, 3.8) is 0 Å². The van der Waals surface area contributed by atoms with E-state index in [1.54, 1.807) is 14.2 Å². The predicted octanol–water partition coefficient (Wildman–Crippen LogP) is 4.76. The number of benzene rings is 2. The molecule has 0 N–H and O–H groups in total. The summed E-state index contributed by atoms with van der Waals surface area (Å²) in [5.41, 5.74) is 4.31. The molecule has 1 aliphatic rings. The SMILES string of the molecule is COc1cc2c(cc1OC)CC(CCCN(C)CCc1ccccc1)CC2. The van der Waals surface area contributed by atoms with E-state index in [-0.39, 0.29) is 0 Å². The third kappa shape index (κ3) is 5.49. The van der Waals surface area contributed by atoms with Crippen LogP contribution in [0.15, 0.2) is 42.5 Å². The summed E-state index contributed by atoms with van der Waals surface area (Å²) in [5.74, 6) is 2.51. The van der Waals surface area contributed by atoms with Crippen molar-refractivity contribution in [1.82, 2.24) is 4.90 Å². The first-order valence-electron chi connectivity index (χ1n) is 10.2. The topological polar surface area (TPSA) is 21.7 Å². The summed E-state index contributed by atoms with van der Waals surface area (Å²) in [7, 11) is 5.68. The van der Waals surface area contributed by atoms with Gasteiger partial charge in [0.1, 0.15) is 0 Å². The van der Waals surface area contributed by atoms with Gasteiger partial charge in [0.15, 0.2) is 11.5 Å². The van der Waals surface area contributed by atoms with Crippen LogP contribution >= 0.6 is 0 Å². The highest BCUT2D eigenvalue weighted by Crippen LogP contribution is 2.36. The third-order valence-corrected chi connectivity index (χ3v) is 5.81. The van der Waals surface area contributed by atoms with Gasteiger partial charge in [-0.25, -0.2) is 0 Å². The Balaban J connectivity index is 1.43. The summed E-state index contributed by atoms with van der Waals surface area (Å²) in [5, 5.41) is 0. The van der Waals surface area contributed by atoms with Crippen molar-refractivity contribution in [3.8, 4) is 11.5 Å². The van der Waals surface area contributed by atoms with Crippen LogP contribution < -0.4 is 9.47 Å². The van der Waals surface area contributed by atoms with Crippen molar-refractivity contribution in [1.29, 1.82) is 0 Å². The van der Waals surface area contributed by atoms with Crippen LogP contribution in [0.25, 0.3) is 0 Å². The van der Waals surface area contributed by atoms with Crippen LogP contribution in [0.4, 0.5) is 0 Å². The number of methoxy groups -OCH3 is 2. The summed E-state index contributed by atoms with van der Waals surface area (Å²) in [4.78, 5) is 2.47. The summed E-state index contributed by atoms with van der Waals surface area (Å²) in [6.45, 7) is 2.32. The van der Waals surface area contributed by atoms with Crippen molar-refractivity contribution in [2.75, 3.05) is 34.4 Å². The van der Waals surface area contributed by atoms with Crippen LogP contribution in [0.5, 0.6) is 11.5 Å². The van der Waals surface area contributed by atoms with Gasteiger partial charge >= 0.3 is 0 Å². The lowest BCUT2D eigenvalue weighted by Gasteiger charge is -2.26. The minimum absolute atomic E-state index is 0.790. The fourth-order valence-electron chi connectivity index (χ4n) is 4.13. The molecule has 0 heterocycles. The van der Waals surface area contributed by atoms with E-state index in [9.17, 15) is 0 Å².